The highest BCUT2D eigenvalue weighted by Gasteiger charge is 2.48. The van der Waals surface area contributed by atoms with Gasteiger partial charge in [-0.2, -0.15) is 0 Å². The van der Waals surface area contributed by atoms with Crippen molar-refractivity contribution in [2.24, 2.45) is 5.41 Å². The van der Waals surface area contributed by atoms with Crippen molar-refractivity contribution in [1.82, 2.24) is 10.6 Å². The molecule has 0 aromatic rings. The van der Waals surface area contributed by atoms with Crippen LogP contribution in [0.3, 0.4) is 0 Å². The molecule has 0 radical (unpaired) electrons. The maximum Gasteiger partial charge on any atom is 0.226 e. The third-order valence-electron chi connectivity index (χ3n) is 4.31. The van der Waals surface area contributed by atoms with Crippen molar-refractivity contribution in [3.05, 3.63) is 0 Å². The van der Waals surface area contributed by atoms with Gasteiger partial charge in [-0.15, -0.1) is 0 Å². The number of carbonyl (C=O) groups is 1. The molecule has 1 aliphatic heterocycles. The van der Waals surface area contributed by atoms with Gasteiger partial charge in [0.05, 0.1) is 17.6 Å². The first kappa shape index (κ1) is 12.8. The van der Waals surface area contributed by atoms with Crippen LogP contribution in [0.2, 0.25) is 0 Å². The van der Waals surface area contributed by atoms with E-state index in [1.807, 2.05) is 0 Å². The van der Waals surface area contributed by atoms with Crippen molar-refractivity contribution in [3.63, 3.8) is 0 Å². The quantitative estimate of drug-likeness (QED) is 0.666. The van der Waals surface area contributed by atoms with E-state index in [2.05, 4.69) is 17.6 Å². The zero-order valence-corrected chi connectivity index (χ0v) is 10.7. The molecule has 1 aliphatic carbocycles. The highest BCUT2D eigenvalue weighted by atomic mass is 16.3. The van der Waals surface area contributed by atoms with Crippen LogP contribution in [0.4, 0.5) is 0 Å². The number of aliphatic hydroxyl groups is 1. The number of nitrogens with one attached hydrogen (secondary N) is 2. The zero-order chi connectivity index (χ0) is 12.4. The minimum absolute atomic E-state index is 0.0825. The molecular formula is C13H24N2O2. The molecule has 0 bridgehead atoms. The summed E-state index contributed by atoms with van der Waals surface area (Å²) in [6.45, 7) is 4.08. The van der Waals surface area contributed by atoms with Gasteiger partial charge in [-0.3, -0.25) is 4.79 Å². The van der Waals surface area contributed by atoms with Crippen molar-refractivity contribution in [2.45, 2.75) is 51.0 Å². The molecule has 98 valence electrons. The fourth-order valence-corrected chi connectivity index (χ4v) is 2.82. The van der Waals surface area contributed by atoms with E-state index in [1.165, 1.54) is 0 Å². The summed E-state index contributed by atoms with van der Waals surface area (Å²) in [5.41, 5.74) is -0.465. The van der Waals surface area contributed by atoms with E-state index in [0.29, 0.717) is 0 Å². The highest BCUT2D eigenvalue weighted by molar-refractivity contribution is 5.83. The molecule has 2 aliphatic rings. The number of carbonyl (C=O) groups excluding carboxylic acids is 1. The van der Waals surface area contributed by atoms with Gasteiger partial charge < -0.3 is 15.7 Å². The maximum absolute atomic E-state index is 12.5. The Labute approximate surface area is 103 Å². The van der Waals surface area contributed by atoms with Crippen molar-refractivity contribution in [1.29, 1.82) is 0 Å². The summed E-state index contributed by atoms with van der Waals surface area (Å²) < 4.78 is 0. The van der Waals surface area contributed by atoms with Gasteiger partial charge in [-0.25, -0.2) is 0 Å². The third-order valence-corrected chi connectivity index (χ3v) is 4.31. The van der Waals surface area contributed by atoms with Gasteiger partial charge in [0.1, 0.15) is 0 Å². The Morgan fingerprint density at radius 2 is 1.94 bits per heavy atom. The van der Waals surface area contributed by atoms with Gasteiger partial charge in [-0.1, -0.05) is 13.3 Å². The Balaban J connectivity index is 2.02. The lowest BCUT2D eigenvalue weighted by molar-refractivity contribution is -0.134. The SMILES string of the molecule is CCCC1(C(=O)NC2(CO)CC2)CCNCC1. The standard InChI is InChI=1S/C13H24N2O2/c1-2-3-12(6-8-14-9-7-12)11(17)15-13(10-16)4-5-13/h14,16H,2-10H2,1H3,(H,15,17). The molecule has 1 amide bonds. The Morgan fingerprint density at radius 1 is 1.29 bits per heavy atom. The van der Waals surface area contributed by atoms with Crippen LogP contribution in [0, 0.1) is 5.41 Å². The fraction of sp³-hybridized carbons (Fsp3) is 0.923. The van der Waals surface area contributed by atoms with E-state index < -0.39 is 0 Å². The Kier molecular flexibility index (Phi) is 3.73. The van der Waals surface area contributed by atoms with Crippen LogP contribution in [0.1, 0.15) is 45.4 Å². The summed E-state index contributed by atoms with van der Waals surface area (Å²) in [7, 11) is 0. The average Bonchev–Trinajstić information content (AvgIpc) is 3.11. The van der Waals surface area contributed by atoms with Gasteiger partial charge in [0, 0.05) is 0 Å². The molecule has 0 atom stereocenters. The summed E-state index contributed by atoms with van der Waals surface area (Å²) >= 11 is 0. The first-order chi connectivity index (χ1) is 8.16. The molecule has 17 heavy (non-hydrogen) atoms. The van der Waals surface area contributed by atoms with Crippen LogP contribution in [0.15, 0.2) is 0 Å². The van der Waals surface area contributed by atoms with E-state index in [-0.39, 0.29) is 23.5 Å². The van der Waals surface area contributed by atoms with Crippen molar-refractivity contribution in [2.75, 3.05) is 19.7 Å². The molecule has 3 N–H and O–H groups in total. The Bertz CT molecular complexity index is 276. The van der Waals surface area contributed by atoms with Gasteiger partial charge in [-0.05, 0) is 45.2 Å². The topological polar surface area (TPSA) is 61.4 Å². The van der Waals surface area contributed by atoms with Crippen molar-refractivity contribution < 1.29 is 9.90 Å². The Hall–Kier alpha value is -0.610. The van der Waals surface area contributed by atoms with Crippen LogP contribution >= 0.6 is 0 Å². The molecule has 2 rings (SSSR count). The van der Waals surface area contributed by atoms with Crippen LogP contribution < -0.4 is 10.6 Å². The number of piperidine rings is 1. The second-order valence-corrected chi connectivity index (χ2v) is 5.67. The number of aliphatic hydroxyl groups excluding tert-OH is 1. The molecule has 0 unspecified atom stereocenters. The summed E-state index contributed by atoms with van der Waals surface area (Å²) in [6.07, 6.45) is 5.70. The molecule has 0 aromatic carbocycles. The number of hydrogen-bond donors (Lipinski definition) is 3. The summed E-state index contributed by atoms with van der Waals surface area (Å²) in [5.74, 6) is 0.174. The van der Waals surface area contributed by atoms with Gasteiger partial charge in [0.15, 0.2) is 0 Å². The largest absolute Gasteiger partial charge is 0.394 e. The van der Waals surface area contributed by atoms with Gasteiger partial charge in [0.25, 0.3) is 0 Å². The smallest absolute Gasteiger partial charge is 0.226 e. The lowest BCUT2D eigenvalue weighted by atomic mass is 9.74. The lowest BCUT2D eigenvalue weighted by Gasteiger charge is -2.37. The fourth-order valence-electron chi connectivity index (χ4n) is 2.82. The van der Waals surface area contributed by atoms with Crippen LogP contribution in [0.25, 0.3) is 0 Å². The number of hydrogen-bond acceptors (Lipinski definition) is 3. The molecule has 1 saturated carbocycles. The van der Waals surface area contributed by atoms with Gasteiger partial charge in [0.2, 0.25) is 5.91 Å². The van der Waals surface area contributed by atoms with E-state index in [4.69, 9.17) is 0 Å². The van der Waals surface area contributed by atoms with Gasteiger partial charge >= 0.3 is 0 Å². The molecule has 0 aromatic heterocycles. The first-order valence-electron chi connectivity index (χ1n) is 6.81. The first-order valence-corrected chi connectivity index (χ1v) is 6.81. The predicted octanol–water partition coefficient (Wildman–Crippen LogP) is 0.797. The second kappa shape index (κ2) is 4.94. The molecule has 1 heterocycles. The third kappa shape index (κ3) is 2.63. The van der Waals surface area contributed by atoms with E-state index in [0.717, 1.165) is 51.6 Å². The monoisotopic (exact) mass is 240 g/mol. The summed E-state index contributed by atoms with van der Waals surface area (Å²) in [6, 6.07) is 0. The highest BCUT2D eigenvalue weighted by Crippen LogP contribution is 2.39. The minimum Gasteiger partial charge on any atom is -0.394 e. The van der Waals surface area contributed by atoms with E-state index >= 15 is 0 Å². The second-order valence-electron chi connectivity index (χ2n) is 5.67. The molecule has 4 nitrogen and oxygen atoms in total. The Morgan fingerprint density at radius 3 is 2.41 bits per heavy atom. The van der Waals surface area contributed by atoms with Crippen LogP contribution in [0.5, 0.6) is 0 Å². The molecule has 0 spiro atoms. The summed E-state index contributed by atoms with van der Waals surface area (Å²) in [4.78, 5) is 12.5. The summed E-state index contributed by atoms with van der Waals surface area (Å²) in [5, 5.41) is 15.7. The molecule has 4 heteroatoms. The van der Waals surface area contributed by atoms with E-state index in [9.17, 15) is 9.90 Å². The van der Waals surface area contributed by atoms with Crippen LogP contribution in [-0.4, -0.2) is 36.2 Å². The van der Waals surface area contributed by atoms with Crippen molar-refractivity contribution in [3.8, 4) is 0 Å². The van der Waals surface area contributed by atoms with E-state index in [1.54, 1.807) is 0 Å². The normalized spacial score (nSPS) is 25.3. The molecule has 2 fully saturated rings. The predicted molar refractivity (Wildman–Crippen MR) is 66.6 cm³/mol. The molecule has 1 saturated heterocycles. The maximum atomic E-state index is 12.5. The zero-order valence-electron chi connectivity index (χ0n) is 10.7. The van der Waals surface area contributed by atoms with Crippen LogP contribution in [-0.2, 0) is 4.79 Å². The molecular weight excluding hydrogens is 216 g/mol. The minimum atomic E-state index is -0.275. The lowest BCUT2D eigenvalue weighted by Crippen LogP contribution is -2.52. The number of amides is 1. The van der Waals surface area contributed by atoms with Crippen molar-refractivity contribution >= 4 is 5.91 Å². The average molecular weight is 240 g/mol. The number of rotatable bonds is 5.